The number of carbonyl (C=O) groups is 2. The van der Waals surface area contributed by atoms with Crippen LogP contribution in [0, 0.1) is 5.92 Å². The van der Waals surface area contributed by atoms with Crippen LogP contribution in [0.25, 0.3) is 0 Å². The van der Waals surface area contributed by atoms with Gasteiger partial charge in [-0.3, -0.25) is 9.59 Å². The minimum atomic E-state index is -0.836. The number of carboxylic acid groups (broad SMARTS) is 1. The van der Waals surface area contributed by atoms with Crippen molar-refractivity contribution in [3.8, 4) is 0 Å². The number of hydrogen-bond acceptors (Lipinski definition) is 4. The standard InChI is InChI=1S/C15H20N2O4/c1-10(14(18)17-12-5-3-2-4-6-12)21-13-7-11(15(19)20)8-16-9-13/h2-6,10-11,13,16H,7-9H2,1H3,(H,17,18)(H,19,20). The van der Waals surface area contributed by atoms with E-state index in [4.69, 9.17) is 9.84 Å². The summed E-state index contributed by atoms with van der Waals surface area (Å²) in [7, 11) is 0. The number of anilines is 1. The molecule has 0 aromatic heterocycles. The lowest BCUT2D eigenvalue weighted by molar-refractivity contribution is -0.145. The fraction of sp³-hybridized carbons (Fsp3) is 0.467. The Bertz CT molecular complexity index is 492. The van der Waals surface area contributed by atoms with Gasteiger partial charge < -0.3 is 20.5 Å². The van der Waals surface area contributed by atoms with Gasteiger partial charge in [-0.2, -0.15) is 0 Å². The van der Waals surface area contributed by atoms with Crippen LogP contribution in [0.3, 0.4) is 0 Å². The molecule has 0 aliphatic carbocycles. The van der Waals surface area contributed by atoms with Gasteiger partial charge in [0.1, 0.15) is 6.10 Å². The van der Waals surface area contributed by atoms with Crippen molar-refractivity contribution in [3.05, 3.63) is 30.3 Å². The number of hydrogen-bond donors (Lipinski definition) is 3. The minimum Gasteiger partial charge on any atom is -0.481 e. The van der Waals surface area contributed by atoms with Gasteiger partial charge in [0.25, 0.3) is 5.91 Å². The lowest BCUT2D eigenvalue weighted by atomic mass is 9.97. The van der Waals surface area contributed by atoms with E-state index in [1.165, 1.54) is 0 Å². The van der Waals surface area contributed by atoms with Gasteiger partial charge in [-0.1, -0.05) is 18.2 Å². The van der Waals surface area contributed by atoms with Crippen molar-refractivity contribution in [2.75, 3.05) is 18.4 Å². The van der Waals surface area contributed by atoms with Gasteiger partial charge in [-0.05, 0) is 25.5 Å². The number of ether oxygens (including phenoxy) is 1. The van der Waals surface area contributed by atoms with E-state index in [0.717, 1.165) is 0 Å². The summed E-state index contributed by atoms with van der Waals surface area (Å²) in [6.07, 6.45) is -0.480. The van der Waals surface area contributed by atoms with Crippen LogP contribution in [-0.4, -0.2) is 42.3 Å². The Hall–Kier alpha value is -1.92. The Kier molecular flexibility index (Phi) is 5.30. The molecule has 1 aliphatic rings. The quantitative estimate of drug-likeness (QED) is 0.756. The SMILES string of the molecule is CC(OC1CNCC(C(=O)O)C1)C(=O)Nc1ccccc1. The number of piperidine rings is 1. The third kappa shape index (κ3) is 4.54. The lowest BCUT2D eigenvalue weighted by Gasteiger charge is -2.29. The molecule has 0 radical (unpaired) electrons. The summed E-state index contributed by atoms with van der Waals surface area (Å²) in [5, 5.41) is 14.8. The number of amides is 1. The largest absolute Gasteiger partial charge is 0.481 e. The van der Waals surface area contributed by atoms with Crippen LogP contribution in [0.5, 0.6) is 0 Å². The van der Waals surface area contributed by atoms with Crippen LogP contribution < -0.4 is 10.6 Å². The molecule has 3 N–H and O–H groups in total. The molecule has 0 bridgehead atoms. The summed E-state index contributed by atoms with van der Waals surface area (Å²) in [5.74, 6) is -1.54. The monoisotopic (exact) mass is 292 g/mol. The Labute approximate surface area is 123 Å². The van der Waals surface area contributed by atoms with E-state index in [1.807, 2.05) is 18.2 Å². The molecule has 2 rings (SSSR count). The first-order valence-electron chi connectivity index (χ1n) is 7.01. The second-order valence-corrected chi connectivity index (χ2v) is 5.18. The summed E-state index contributed by atoms with van der Waals surface area (Å²) in [6.45, 7) is 2.68. The summed E-state index contributed by atoms with van der Waals surface area (Å²) in [4.78, 5) is 23.0. The molecule has 1 fully saturated rings. The molecule has 1 amide bonds. The Morgan fingerprint density at radius 1 is 1.33 bits per heavy atom. The molecule has 1 saturated heterocycles. The van der Waals surface area contributed by atoms with Crippen LogP contribution in [0.1, 0.15) is 13.3 Å². The topological polar surface area (TPSA) is 87.7 Å². The van der Waals surface area contributed by atoms with E-state index < -0.39 is 18.0 Å². The van der Waals surface area contributed by atoms with E-state index in [2.05, 4.69) is 10.6 Å². The van der Waals surface area contributed by atoms with Crippen molar-refractivity contribution >= 4 is 17.6 Å². The third-order valence-corrected chi connectivity index (χ3v) is 3.47. The maximum Gasteiger partial charge on any atom is 0.307 e. The first-order valence-corrected chi connectivity index (χ1v) is 7.01. The molecule has 6 nitrogen and oxygen atoms in total. The fourth-order valence-electron chi connectivity index (χ4n) is 2.31. The number of nitrogens with one attached hydrogen (secondary N) is 2. The number of carbonyl (C=O) groups excluding carboxylic acids is 1. The second kappa shape index (κ2) is 7.19. The Morgan fingerprint density at radius 3 is 2.71 bits per heavy atom. The molecule has 3 atom stereocenters. The van der Waals surface area contributed by atoms with Gasteiger partial charge in [0.15, 0.2) is 0 Å². The van der Waals surface area contributed by atoms with E-state index >= 15 is 0 Å². The average molecular weight is 292 g/mol. The highest BCUT2D eigenvalue weighted by molar-refractivity contribution is 5.93. The number of rotatable bonds is 5. The predicted molar refractivity (Wildman–Crippen MR) is 78.0 cm³/mol. The maximum absolute atomic E-state index is 12.0. The van der Waals surface area contributed by atoms with Gasteiger partial charge >= 0.3 is 5.97 Å². The highest BCUT2D eigenvalue weighted by Crippen LogP contribution is 2.16. The Morgan fingerprint density at radius 2 is 2.05 bits per heavy atom. The van der Waals surface area contributed by atoms with Crippen LogP contribution >= 0.6 is 0 Å². The average Bonchev–Trinajstić information content (AvgIpc) is 2.48. The van der Waals surface area contributed by atoms with Crippen molar-refractivity contribution in [2.45, 2.75) is 25.6 Å². The molecule has 3 unspecified atom stereocenters. The molecule has 0 spiro atoms. The van der Waals surface area contributed by atoms with Gasteiger partial charge in [0, 0.05) is 18.8 Å². The van der Waals surface area contributed by atoms with Crippen molar-refractivity contribution in [1.82, 2.24) is 5.32 Å². The predicted octanol–water partition coefficient (Wildman–Crippen LogP) is 1.09. The summed E-state index contributed by atoms with van der Waals surface area (Å²) < 4.78 is 5.67. The van der Waals surface area contributed by atoms with Crippen molar-refractivity contribution < 1.29 is 19.4 Å². The third-order valence-electron chi connectivity index (χ3n) is 3.47. The van der Waals surface area contributed by atoms with Gasteiger partial charge in [0.2, 0.25) is 0 Å². The lowest BCUT2D eigenvalue weighted by Crippen LogP contribution is -2.45. The van der Waals surface area contributed by atoms with Crippen molar-refractivity contribution in [1.29, 1.82) is 0 Å². The minimum absolute atomic E-state index is 0.237. The molecule has 114 valence electrons. The first-order chi connectivity index (χ1) is 10.1. The smallest absolute Gasteiger partial charge is 0.307 e. The molecule has 0 saturated carbocycles. The fourth-order valence-corrected chi connectivity index (χ4v) is 2.31. The number of aliphatic carboxylic acids is 1. The Balaban J connectivity index is 1.84. The van der Waals surface area contributed by atoms with Gasteiger partial charge in [-0.15, -0.1) is 0 Å². The van der Waals surface area contributed by atoms with E-state index in [-0.39, 0.29) is 12.0 Å². The highest BCUT2D eigenvalue weighted by atomic mass is 16.5. The molecule has 21 heavy (non-hydrogen) atoms. The van der Waals surface area contributed by atoms with Crippen molar-refractivity contribution in [2.24, 2.45) is 5.92 Å². The van der Waals surface area contributed by atoms with E-state index in [1.54, 1.807) is 19.1 Å². The molecule has 1 aliphatic heterocycles. The first kappa shape index (κ1) is 15.5. The molecular formula is C15H20N2O4. The molecule has 1 heterocycles. The zero-order valence-electron chi connectivity index (χ0n) is 11.9. The number of carboxylic acids is 1. The van der Waals surface area contributed by atoms with E-state index in [0.29, 0.717) is 25.2 Å². The highest BCUT2D eigenvalue weighted by Gasteiger charge is 2.29. The maximum atomic E-state index is 12.0. The number of para-hydroxylation sites is 1. The van der Waals surface area contributed by atoms with Gasteiger partial charge in [0.05, 0.1) is 12.0 Å². The zero-order valence-corrected chi connectivity index (χ0v) is 11.9. The second-order valence-electron chi connectivity index (χ2n) is 5.18. The van der Waals surface area contributed by atoms with E-state index in [9.17, 15) is 9.59 Å². The molecule has 1 aromatic rings. The zero-order chi connectivity index (χ0) is 15.2. The van der Waals surface area contributed by atoms with Crippen LogP contribution in [-0.2, 0) is 14.3 Å². The van der Waals surface area contributed by atoms with Crippen LogP contribution in [0.15, 0.2) is 30.3 Å². The number of benzene rings is 1. The summed E-state index contributed by atoms with van der Waals surface area (Å²) in [5.41, 5.74) is 0.711. The molecule has 1 aromatic carbocycles. The van der Waals surface area contributed by atoms with Crippen LogP contribution in [0.4, 0.5) is 5.69 Å². The van der Waals surface area contributed by atoms with Crippen LogP contribution in [0.2, 0.25) is 0 Å². The van der Waals surface area contributed by atoms with Crippen molar-refractivity contribution in [3.63, 3.8) is 0 Å². The van der Waals surface area contributed by atoms with Gasteiger partial charge in [-0.25, -0.2) is 0 Å². The molecule has 6 heteroatoms. The summed E-state index contributed by atoms with van der Waals surface area (Å²) >= 11 is 0. The summed E-state index contributed by atoms with van der Waals surface area (Å²) in [6, 6.07) is 9.14. The molecular weight excluding hydrogens is 272 g/mol. The normalized spacial score (nSPS) is 23.3.